The van der Waals surface area contributed by atoms with Gasteiger partial charge in [-0.25, -0.2) is 0 Å². The molecule has 0 bridgehead atoms. The zero-order valence-corrected chi connectivity index (χ0v) is 13.0. The van der Waals surface area contributed by atoms with E-state index in [2.05, 4.69) is 15.1 Å². The van der Waals surface area contributed by atoms with E-state index in [0.29, 0.717) is 18.3 Å². The van der Waals surface area contributed by atoms with E-state index >= 15 is 0 Å². The monoisotopic (exact) mass is 297 g/mol. The first-order valence-corrected chi connectivity index (χ1v) is 7.35. The van der Waals surface area contributed by atoms with Crippen molar-refractivity contribution in [2.45, 2.75) is 20.8 Å². The maximum Gasteiger partial charge on any atom is 0.262 e. The zero-order valence-electron chi connectivity index (χ0n) is 13.0. The van der Waals surface area contributed by atoms with E-state index < -0.39 is 0 Å². The van der Waals surface area contributed by atoms with E-state index in [1.54, 1.807) is 12.4 Å². The van der Waals surface area contributed by atoms with E-state index in [1.165, 1.54) is 0 Å². The van der Waals surface area contributed by atoms with Gasteiger partial charge in [0.05, 0.1) is 12.2 Å². The topological polar surface area (TPSA) is 61.0 Å². The molecule has 0 N–H and O–H groups in total. The number of aromatic nitrogens is 3. The van der Waals surface area contributed by atoms with Crippen LogP contribution in [0.1, 0.15) is 20.8 Å². The van der Waals surface area contributed by atoms with Crippen molar-refractivity contribution in [1.29, 1.82) is 0 Å². The summed E-state index contributed by atoms with van der Waals surface area (Å²) in [7, 11) is 0. The predicted octanol–water partition coefficient (Wildman–Crippen LogP) is 4.22. The lowest BCUT2D eigenvalue weighted by Crippen LogP contribution is -1.93. The Hall–Kier alpha value is -2.69. The molecule has 3 rings (SSSR count). The minimum atomic E-state index is 0.445. The summed E-state index contributed by atoms with van der Waals surface area (Å²) in [5.41, 5.74) is 1.66. The molecule has 2 heterocycles. The summed E-state index contributed by atoms with van der Waals surface area (Å²) in [4.78, 5) is 8.38. The van der Waals surface area contributed by atoms with E-state index in [-0.39, 0.29) is 0 Å². The summed E-state index contributed by atoms with van der Waals surface area (Å²) in [5, 5.41) is 3.99. The van der Waals surface area contributed by atoms with Crippen LogP contribution in [0.2, 0.25) is 0 Å². The fourth-order valence-electron chi connectivity index (χ4n) is 1.88. The van der Waals surface area contributed by atoms with Gasteiger partial charge < -0.3 is 9.26 Å². The summed E-state index contributed by atoms with van der Waals surface area (Å²) in [6.07, 6.45) is 3.39. The van der Waals surface area contributed by atoms with Gasteiger partial charge in [0, 0.05) is 18.0 Å². The average Bonchev–Trinajstić information content (AvgIpc) is 3.08. The maximum atomic E-state index is 5.57. The van der Waals surface area contributed by atoms with Gasteiger partial charge in [0.25, 0.3) is 5.89 Å². The van der Waals surface area contributed by atoms with E-state index in [1.807, 2.05) is 57.2 Å². The third kappa shape index (κ3) is 3.49. The van der Waals surface area contributed by atoms with Crippen molar-refractivity contribution >= 4 is 0 Å². The number of benzene rings is 1. The van der Waals surface area contributed by atoms with Gasteiger partial charge in [0.15, 0.2) is 0 Å². The van der Waals surface area contributed by atoms with Crippen LogP contribution in [0, 0.1) is 0 Å². The summed E-state index contributed by atoms with van der Waals surface area (Å²) >= 11 is 0. The molecule has 114 valence electrons. The Morgan fingerprint density at radius 1 is 1.05 bits per heavy atom. The normalized spacial score (nSPS) is 9.77. The van der Waals surface area contributed by atoms with Crippen LogP contribution in [-0.2, 0) is 0 Å². The summed E-state index contributed by atoms with van der Waals surface area (Å²) in [6.45, 7) is 6.52. The minimum absolute atomic E-state index is 0.445. The number of nitrogens with zero attached hydrogens (tertiary/aromatic N) is 3. The molecule has 22 heavy (non-hydrogen) atoms. The van der Waals surface area contributed by atoms with Crippen LogP contribution in [-0.4, -0.2) is 21.7 Å². The van der Waals surface area contributed by atoms with Crippen LogP contribution in [0.15, 0.2) is 53.3 Å². The third-order valence-electron chi connectivity index (χ3n) is 2.78. The standard InChI is InChI=1S/C15H13N3O2.C2H6/c1-2-19-13-6-4-3-5-12(13)15-17-14(18-20-15)11-7-9-16-10-8-11;1-2/h3-10H,2H2,1H3;1-2H3. The van der Waals surface area contributed by atoms with Gasteiger partial charge >= 0.3 is 0 Å². The van der Waals surface area contributed by atoms with Crippen molar-refractivity contribution < 1.29 is 9.26 Å². The molecule has 0 saturated carbocycles. The molecule has 0 aliphatic carbocycles. The highest BCUT2D eigenvalue weighted by Crippen LogP contribution is 2.29. The smallest absolute Gasteiger partial charge is 0.262 e. The zero-order chi connectivity index (χ0) is 15.8. The van der Waals surface area contributed by atoms with Crippen molar-refractivity contribution in [3.63, 3.8) is 0 Å². The number of rotatable bonds is 4. The van der Waals surface area contributed by atoms with E-state index in [4.69, 9.17) is 9.26 Å². The molecule has 3 aromatic rings. The maximum absolute atomic E-state index is 5.57. The number of para-hydroxylation sites is 1. The molecule has 5 heteroatoms. The molecule has 0 atom stereocenters. The number of ether oxygens (including phenoxy) is 1. The van der Waals surface area contributed by atoms with Crippen molar-refractivity contribution in [3.8, 4) is 28.6 Å². The summed E-state index contributed by atoms with van der Waals surface area (Å²) < 4.78 is 10.9. The van der Waals surface area contributed by atoms with Crippen LogP contribution in [0.3, 0.4) is 0 Å². The first-order valence-electron chi connectivity index (χ1n) is 7.35. The summed E-state index contributed by atoms with van der Waals surface area (Å²) in [5.74, 6) is 1.72. The van der Waals surface area contributed by atoms with Crippen LogP contribution in [0.5, 0.6) is 5.75 Å². The molecular formula is C17H19N3O2. The van der Waals surface area contributed by atoms with Gasteiger partial charge in [-0.15, -0.1) is 0 Å². The second-order valence-corrected chi connectivity index (χ2v) is 4.09. The lowest BCUT2D eigenvalue weighted by Gasteiger charge is -2.05. The van der Waals surface area contributed by atoms with Gasteiger partial charge in [-0.3, -0.25) is 4.98 Å². The van der Waals surface area contributed by atoms with E-state index in [0.717, 1.165) is 16.9 Å². The highest BCUT2D eigenvalue weighted by Gasteiger charge is 2.14. The summed E-state index contributed by atoms with van der Waals surface area (Å²) in [6, 6.07) is 11.3. The number of hydrogen-bond donors (Lipinski definition) is 0. The molecule has 0 saturated heterocycles. The quantitative estimate of drug-likeness (QED) is 0.721. The van der Waals surface area contributed by atoms with Crippen LogP contribution >= 0.6 is 0 Å². The molecule has 0 radical (unpaired) electrons. The number of pyridine rings is 1. The molecular weight excluding hydrogens is 278 g/mol. The molecule has 0 aliphatic rings. The highest BCUT2D eigenvalue weighted by molar-refractivity contribution is 5.65. The first-order chi connectivity index (χ1) is 10.9. The molecule has 0 aliphatic heterocycles. The van der Waals surface area contributed by atoms with Crippen LogP contribution in [0.4, 0.5) is 0 Å². The Morgan fingerprint density at radius 2 is 1.77 bits per heavy atom. The molecule has 0 spiro atoms. The van der Waals surface area contributed by atoms with Gasteiger partial charge in [0.2, 0.25) is 5.82 Å². The molecule has 0 amide bonds. The second-order valence-electron chi connectivity index (χ2n) is 4.09. The molecule has 0 unspecified atom stereocenters. The first kappa shape index (κ1) is 15.7. The van der Waals surface area contributed by atoms with Gasteiger partial charge in [-0.05, 0) is 31.2 Å². The molecule has 5 nitrogen and oxygen atoms in total. The Labute approximate surface area is 130 Å². The Balaban J connectivity index is 0.000000847. The molecule has 2 aromatic heterocycles. The van der Waals surface area contributed by atoms with Crippen molar-refractivity contribution in [2.75, 3.05) is 6.61 Å². The van der Waals surface area contributed by atoms with Gasteiger partial charge in [-0.1, -0.05) is 31.1 Å². The van der Waals surface area contributed by atoms with Crippen LogP contribution in [0.25, 0.3) is 22.8 Å². The van der Waals surface area contributed by atoms with Gasteiger partial charge in [-0.2, -0.15) is 4.98 Å². The molecule has 1 aromatic carbocycles. The Kier molecular flexibility index (Phi) is 5.65. The third-order valence-corrected chi connectivity index (χ3v) is 2.78. The minimum Gasteiger partial charge on any atom is -0.493 e. The van der Waals surface area contributed by atoms with Crippen LogP contribution < -0.4 is 4.74 Å². The van der Waals surface area contributed by atoms with E-state index in [9.17, 15) is 0 Å². The predicted molar refractivity (Wildman–Crippen MR) is 85.5 cm³/mol. The lowest BCUT2D eigenvalue weighted by molar-refractivity contribution is 0.339. The highest BCUT2D eigenvalue weighted by atomic mass is 16.5. The SMILES string of the molecule is CC.CCOc1ccccc1-c1nc(-c2ccncc2)no1. The largest absolute Gasteiger partial charge is 0.493 e. The van der Waals surface area contributed by atoms with Crippen molar-refractivity contribution in [1.82, 2.24) is 15.1 Å². The lowest BCUT2D eigenvalue weighted by atomic mass is 10.2. The van der Waals surface area contributed by atoms with Gasteiger partial charge in [0.1, 0.15) is 5.75 Å². The fraction of sp³-hybridized carbons (Fsp3) is 0.235. The van der Waals surface area contributed by atoms with Crippen molar-refractivity contribution in [3.05, 3.63) is 48.8 Å². The Bertz CT molecular complexity index is 696. The number of hydrogen-bond acceptors (Lipinski definition) is 5. The fourth-order valence-corrected chi connectivity index (χ4v) is 1.88. The average molecular weight is 297 g/mol. The second kappa shape index (κ2) is 7.93. The molecule has 0 fully saturated rings. The van der Waals surface area contributed by atoms with Crippen molar-refractivity contribution in [2.24, 2.45) is 0 Å². The Morgan fingerprint density at radius 3 is 2.50 bits per heavy atom.